The van der Waals surface area contributed by atoms with E-state index in [1.54, 1.807) is 13.8 Å². The predicted octanol–water partition coefficient (Wildman–Crippen LogP) is 12.0. The fraction of sp³-hybridized carbons (Fsp3) is 0.444. The van der Waals surface area contributed by atoms with Crippen LogP contribution in [0.5, 0.6) is 0 Å². The second kappa shape index (κ2) is 18.6. The number of rotatable bonds is 19. The number of allylic oxidation sites excluding steroid dienone is 7. The lowest BCUT2D eigenvalue weighted by atomic mass is 9.82. The van der Waals surface area contributed by atoms with Crippen LogP contribution < -0.4 is 0 Å². The summed E-state index contributed by atoms with van der Waals surface area (Å²) in [6.45, 7) is 7.67. The van der Waals surface area contributed by atoms with Gasteiger partial charge in [-0.2, -0.15) is 0 Å². The third-order valence-corrected chi connectivity index (χ3v) is 9.57. The molecule has 0 unspecified atom stereocenters. The average Bonchev–Trinajstić information content (AvgIpc) is 2.94. The van der Waals surface area contributed by atoms with Crippen LogP contribution in [-0.2, 0) is 4.43 Å². The van der Waals surface area contributed by atoms with Crippen LogP contribution in [0.2, 0.25) is 5.04 Å². The van der Waals surface area contributed by atoms with E-state index in [9.17, 15) is 0 Å². The van der Waals surface area contributed by atoms with E-state index >= 15 is 8.22 Å². The smallest absolute Gasteiger partial charge is 0.499 e. The Kier molecular flexibility index (Phi) is 15.6. The van der Waals surface area contributed by atoms with Gasteiger partial charge in [0.25, 0.3) is 0 Å². The Labute approximate surface area is 244 Å². The van der Waals surface area contributed by atoms with Crippen molar-refractivity contribution in [3.8, 4) is 0 Å². The molecule has 0 radical (unpaired) electrons. The summed E-state index contributed by atoms with van der Waals surface area (Å²) in [5.74, 6) is -0.0804. The van der Waals surface area contributed by atoms with Gasteiger partial charge < -0.3 is 4.43 Å². The summed E-state index contributed by atoms with van der Waals surface area (Å²) in [5, 5.41) is -1.37. The Balaban J connectivity index is 2.10. The molecule has 0 aliphatic carbocycles. The molecule has 0 amide bonds. The summed E-state index contributed by atoms with van der Waals surface area (Å²) in [7, 11) is -5.21. The van der Waals surface area contributed by atoms with E-state index in [1.165, 1.54) is 19.3 Å². The molecule has 0 aliphatic rings. The molecule has 0 spiro atoms. The van der Waals surface area contributed by atoms with Gasteiger partial charge >= 0.3 is 8.99 Å². The van der Waals surface area contributed by atoms with Gasteiger partial charge in [0.1, 0.15) is 0 Å². The van der Waals surface area contributed by atoms with Crippen LogP contribution in [0.3, 0.4) is 0 Å². The minimum absolute atomic E-state index is 0.384. The quantitative estimate of drug-likeness (QED) is 0.0542. The van der Waals surface area contributed by atoms with Crippen molar-refractivity contribution in [1.82, 2.24) is 0 Å². The van der Waals surface area contributed by atoms with E-state index in [2.05, 4.69) is 38.2 Å². The van der Waals surface area contributed by atoms with Crippen LogP contribution in [0.25, 0.3) is 0 Å². The fourth-order valence-electron chi connectivity index (χ4n) is 4.79. The zero-order valence-corrected chi connectivity index (χ0v) is 26.1. The van der Waals surface area contributed by atoms with Crippen molar-refractivity contribution < 1.29 is 12.6 Å². The molecule has 0 atom stereocenters. The maximum atomic E-state index is 16.3. The Bertz CT molecular complexity index is 1020. The summed E-state index contributed by atoms with van der Waals surface area (Å²) >= 11 is 0. The first-order chi connectivity index (χ1) is 19.3. The van der Waals surface area contributed by atoms with Crippen molar-refractivity contribution in [2.24, 2.45) is 0 Å². The number of unbranched alkanes of at least 4 members (excludes halogenated alkanes) is 5. The second-order valence-corrected chi connectivity index (χ2v) is 13.5. The van der Waals surface area contributed by atoms with Crippen molar-refractivity contribution in [3.05, 3.63) is 120 Å². The molecule has 2 rings (SSSR count). The maximum Gasteiger partial charge on any atom is 0.650 e. The summed E-state index contributed by atoms with van der Waals surface area (Å²) < 4.78 is 38.3. The van der Waals surface area contributed by atoms with Crippen molar-refractivity contribution >= 4 is 8.99 Å². The molecule has 0 heterocycles. The van der Waals surface area contributed by atoms with E-state index in [0.29, 0.717) is 12.2 Å². The largest absolute Gasteiger partial charge is 0.650 e. The van der Waals surface area contributed by atoms with Crippen LogP contribution in [0.4, 0.5) is 8.22 Å². The zero-order chi connectivity index (χ0) is 29.1. The Morgan fingerprint density at radius 3 is 1.80 bits per heavy atom. The molecule has 2 aromatic carbocycles. The van der Waals surface area contributed by atoms with E-state index in [0.717, 1.165) is 49.7 Å². The zero-order valence-electron chi connectivity index (χ0n) is 25.1. The standard InChI is InChI=1S/C36H50F2OSi/c1-5-7-9-10-11-12-13-14-15-16-17-25-31-34(30-20-8-6-2)39-40(37,38)36(3,4)35(32-26-21-18-22-27-32)33-28-23-19-24-29-33/h11-12,14-15,17-19,21-30,35H,5-10,13,16,20,31H2,1-4H3/b12-11+,15-14+,25-17+,34-30+. The Morgan fingerprint density at radius 1 is 0.725 bits per heavy atom. The average molecular weight is 565 g/mol. The predicted molar refractivity (Wildman–Crippen MR) is 171 cm³/mol. The number of hydrogen-bond donors (Lipinski definition) is 0. The van der Waals surface area contributed by atoms with E-state index in [1.807, 2.05) is 78.9 Å². The van der Waals surface area contributed by atoms with Crippen LogP contribution in [0, 0.1) is 0 Å². The third kappa shape index (κ3) is 11.4. The van der Waals surface area contributed by atoms with Gasteiger partial charge in [0.05, 0.1) is 10.8 Å². The molecule has 0 saturated carbocycles. The molecule has 0 bridgehead atoms. The monoisotopic (exact) mass is 564 g/mol. The summed E-state index contributed by atoms with van der Waals surface area (Å²) in [4.78, 5) is 0. The molecule has 2 aromatic rings. The lowest BCUT2D eigenvalue weighted by molar-refractivity contribution is 0.239. The van der Waals surface area contributed by atoms with Crippen molar-refractivity contribution in [2.45, 2.75) is 103 Å². The highest BCUT2D eigenvalue weighted by molar-refractivity contribution is 6.63. The maximum absolute atomic E-state index is 16.3. The SMILES string of the molecule is CCCC/C=C(\C/C=C/C/C=C/C/C=C/CCCCC)O[Si](F)(F)C(C)(C)C(c1ccccc1)c1ccccc1. The van der Waals surface area contributed by atoms with Gasteiger partial charge in [-0.05, 0) is 55.7 Å². The highest BCUT2D eigenvalue weighted by atomic mass is 28.4. The van der Waals surface area contributed by atoms with Crippen molar-refractivity contribution in [3.63, 3.8) is 0 Å². The molecule has 0 saturated heterocycles. The molecule has 0 N–H and O–H groups in total. The van der Waals surface area contributed by atoms with Crippen molar-refractivity contribution in [1.29, 1.82) is 0 Å². The molecule has 0 aliphatic heterocycles. The van der Waals surface area contributed by atoms with Gasteiger partial charge in [-0.25, -0.2) is 8.22 Å². The Morgan fingerprint density at radius 2 is 1.25 bits per heavy atom. The highest BCUT2D eigenvalue weighted by Gasteiger charge is 2.61. The van der Waals surface area contributed by atoms with E-state index in [-0.39, 0.29) is 0 Å². The normalized spacial score (nSPS) is 13.3. The lowest BCUT2D eigenvalue weighted by Crippen LogP contribution is -2.44. The molecular weight excluding hydrogens is 514 g/mol. The molecule has 0 fully saturated rings. The summed E-state index contributed by atoms with van der Waals surface area (Å²) in [6, 6.07) is 19.3. The number of halogens is 2. The van der Waals surface area contributed by atoms with Crippen molar-refractivity contribution in [2.75, 3.05) is 0 Å². The Hall–Kier alpha value is -2.72. The van der Waals surface area contributed by atoms with Crippen LogP contribution in [0.15, 0.2) is 109 Å². The van der Waals surface area contributed by atoms with Gasteiger partial charge in [-0.3, -0.25) is 0 Å². The highest BCUT2D eigenvalue weighted by Crippen LogP contribution is 2.54. The van der Waals surface area contributed by atoms with Gasteiger partial charge in [0, 0.05) is 12.3 Å². The first kappa shape index (κ1) is 33.5. The summed E-state index contributed by atoms with van der Waals surface area (Å²) in [6.07, 6.45) is 24.4. The fourth-order valence-corrected chi connectivity index (χ4v) is 6.21. The molecule has 40 heavy (non-hydrogen) atoms. The van der Waals surface area contributed by atoms with Crippen LogP contribution in [-0.4, -0.2) is 8.99 Å². The minimum Gasteiger partial charge on any atom is -0.499 e. The molecule has 0 aromatic heterocycles. The lowest BCUT2D eigenvalue weighted by Gasteiger charge is -2.38. The molecule has 1 nitrogen and oxygen atoms in total. The summed E-state index contributed by atoms with van der Waals surface area (Å²) in [5.41, 5.74) is 1.77. The topological polar surface area (TPSA) is 9.23 Å². The first-order valence-corrected chi connectivity index (χ1v) is 16.8. The third-order valence-electron chi connectivity index (χ3n) is 7.26. The van der Waals surface area contributed by atoms with E-state index in [4.69, 9.17) is 4.43 Å². The molecular formula is C36H50F2OSi. The molecule has 218 valence electrons. The first-order valence-electron chi connectivity index (χ1n) is 15.1. The van der Waals surface area contributed by atoms with Gasteiger partial charge in [-0.1, -0.05) is 144 Å². The molecule has 4 heteroatoms. The van der Waals surface area contributed by atoms with E-state index < -0.39 is 19.9 Å². The van der Waals surface area contributed by atoms with Gasteiger partial charge in [0.15, 0.2) is 0 Å². The minimum atomic E-state index is -5.21. The number of hydrogen-bond acceptors (Lipinski definition) is 1. The second-order valence-electron chi connectivity index (χ2n) is 11.0. The number of benzene rings is 2. The van der Waals surface area contributed by atoms with Gasteiger partial charge in [-0.15, -0.1) is 0 Å². The van der Waals surface area contributed by atoms with Crippen LogP contribution in [0.1, 0.15) is 109 Å². The van der Waals surface area contributed by atoms with Crippen LogP contribution >= 0.6 is 0 Å². The van der Waals surface area contributed by atoms with Gasteiger partial charge in [0.2, 0.25) is 0 Å².